The number of hydrogen-bond acceptors (Lipinski definition) is 6. The number of fused-ring (bicyclic) bond motifs is 1. The third kappa shape index (κ3) is 4.18. The molecule has 0 amide bonds. The van der Waals surface area contributed by atoms with Crippen LogP contribution in [-0.2, 0) is 12.8 Å². The molecular formula is C22H22N4O2. The SMILES string of the molecule is COc1ccc(C[C@H](N)CCc2noc(-c3ccc4cnccc4c3)n2)cc1. The van der Waals surface area contributed by atoms with E-state index in [-0.39, 0.29) is 6.04 Å². The number of ether oxygens (including phenoxy) is 1. The maximum absolute atomic E-state index is 6.28. The van der Waals surface area contributed by atoms with Gasteiger partial charge in [-0.15, -0.1) is 0 Å². The number of pyridine rings is 1. The van der Waals surface area contributed by atoms with Crippen LogP contribution in [0.25, 0.3) is 22.2 Å². The zero-order chi connectivity index (χ0) is 19.3. The monoisotopic (exact) mass is 374 g/mol. The fraction of sp³-hybridized carbons (Fsp3) is 0.227. The first-order valence-corrected chi connectivity index (χ1v) is 9.26. The molecule has 4 aromatic rings. The molecule has 4 rings (SSSR count). The highest BCUT2D eigenvalue weighted by atomic mass is 16.5. The van der Waals surface area contributed by atoms with Gasteiger partial charge in [-0.1, -0.05) is 23.4 Å². The lowest BCUT2D eigenvalue weighted by atomic mass is 10.0. The third-order valence-corrected chi connectivity index (χ3v) is 4.75. The van der Waals surface area contributed by atoms with E-state index in [9.17, 15) is 0 Å². The number of rotatable bonds is 7. The summed E-state index contributed by atoms with van der Waals surface area (Å²) < 4.78 is 10.6. The van der Waals surface area contributed by atoms with Crippen LogP contribution in [0.5, 0.6) is 5.75 Å². The van der Waals surface area contributed by atoms with Gasteiger partial charge in [0.1, 0.15) is 5.75 Å². The van der Waals surface area contributed by atoms with Crippen molar-refractivity contribution < 1.29 is 9.26 Å². The Labute approximate surface area is 163 Å². The molecule has 0 aliphatic heterocycles. The van der Waals surface area contributed by atoms with Gasteiger partial charge in [-0.2, -0.15) is 4.98 Å². The van der Waals surface area contributed by atoms with Gasteiger partial charge in [0, 0.05) is 35.8 Å². The summed E-state index contributed by atoms with van der Waals surface area (Å²) in [7, 11) is 1.66. The van der Waals surface area contributed by atoms with E-state index in [1.807, 2.05) is 54.7 Å². The summed E-state index contributed by atoms with van der Waals surface area (Å²) in [4.78, 5) is 8.65. The summed E-state index contributed by atoms with van der Waals surface area (Å²) >= 11 is 0. The Morgan fingerprint density at radius 1 is 1.07 bits per heavy atom. The van der Waals surface area contributed by atoms with Gasteiger partial charge in [0.25, 0.3) is 5.89 Å². The molecule has 2 aromatic heterocycles. The van der Waals surface area contributed by atoms with Crippen LogP contribution in [-0.4, -0.2) is 28.3 Å². The fourth-order valence-electron chi connectivity index (χ4n) is 3.17. The first-order chi connectivity index (χ1) is 13.7. The molecular weight excluding hydrogens is 352 g/mol. The summed E-state index contributed by atoms with van der Waals surface area (Å²) in [6.07, 6.45) is 5.87. The van der Waals surface area contributed by atoms with Gasteiger partial charge in [0.15, 0.2) is 5.82 Å². The maximum Gasteiger partial charge on any atom is 0.257 e. The van der Waals surface area contributed by atoms with E-state index in [2.05, 4.69) is 15.1 Å². The molecule has 0 radical (unpaired) electrons. The lowest BCUT2D eigenvalue weighted by Crippen LogP contribution is -2.23. The fourth-order valence-corrected chi connectivity index (χ4v) is 3.17. The summed E-state index contributed by atoms with van der Waals surface area (Å²) in [5.41, 5.74) is 8.37. The third-order valence-electron chi connectivity index (χ3n) is 4.75. The second-order valence-electron chi connectivity index (χ2n) is 6.80. The zero-order valence-electron chi connectivity index (χ0n) is 15.7. The number of hydrogen-bond donors (Lipinski definition) is 1. The molecule has 0 aliphatic carbocycles. The maximum atomic E-state index is 6.28. The molecule has 142 valence electrons. The van der Waals surface area contributed by atoms with Crippen molar-refractivity contribution >= 4 is 10.8 Å². The minimum atomic E-state index is 0.0310. The number of nitrogens with zero attached hydrogens (tertiary/aromatic N) is 3. The van der Waals surface area contributed by atoms with Crippen LogP contribution in [0.2, 0.25) is 0 Å². The molecule has 1 atom stereocenters. The first kappa shape index (κ1) is 18.1. The topological polar surface area (TPSA) is 87.1 Å². The molecule has 0 saturated heterocycles. The Morgan fingerprint density at radius 2 is 1.93 bits per heavy atom. The molecule has 2 aromatic carbocycles. The van der Waals surface area contributed by atoms with Crippen LogP contribution >= 0.6 is 0 Å². The highest BCUT2D eigenvalue weighted by Gasteiger charge is 2.12. The molecule has 0 saturated carbocycles. The quantitative estimate of drug-likeness (QED) is 0.529. The largest absolute Gasteiger partial charge is 0.497 e. The van der Waals surface area contributed by atoms with Crippen LogP contribution in [0.15, 0.2) is 65.4 Å². The summed E-state index contributed by atoms with van der Waals surface area (Å²) in [6, 6.07) is 16.0. The van der Waals surface area contributed by atoms with E-state index in [1.54, 1.807) is 13.3 Å². The molecule has 28 heavy (non-hydrogen) atoms. The number of aryl methyl sites for hydroxylation is 1. The molecule has 0 spiro atoms. The van der Waals surface area contributed by atoms with E-state index in [4.69, 9.17) is 15.0 Å². The van der Waals surface area contributed by atoms with Gasteiger partial charge in [0.2, 0.25) is 0 Å². The van der Waals surface area contributed by atoms with E-state index < -0.39 is 0 Å². The van der Waals surface area contributed by atoms with E-state index >= 15 is 0 Å². The average Bonchev–Trinajstić information content (AvgIpc) is 3.21. The van der Waals surface area contributed by atoms with Crippen molar-refractivity contribution in [1.82, 2.24) is 15.1 Å². The van der Waals surface area contributed by atoms with Crippen molar-refractivity contribution in [3.63, 3.8) is 0 Å². The number of benzene rings is 2. The van der Waals surface area contributed by atoms with Crippen molar-refractivity contribution in [3.8, 4) is 17.2 Å². The van der Waals surface area contributed by atoms with Crippen molar-refractivity contribution in [3.05, 3.63) is 72.3 Å². The van der Waals surface area contributed by atoms with Crippen molar-refractivity contribution in [2.75, 3.05) is 7.11 Å². The Kier molecular flexibility index (Phi) is 5.30. The molecule has 0 bridgehead atoms. The number of aromatic nitrogens is 3. The summed E-state index contributed by atoms with van der Waals surface area (Å²) in [5, 5.41) is 6.27. The van der Waals surface area contributed by atoms with Gasteiger partial charge in [-0.25, -0.2) is 0 Å². The summed E-state index contributed by atoms with van der Waals surface area (Å²) in [5.74, 6) is 2.05. The lowest BCUT2D eigenvalue weighted by Gasteiger charge is -2.10. The smallest absolute Gasteiger partial charge is 0.257 e. The number of nitrogens with two attached hydrogens (primary N) is 1. The molecule has 6 heteroatoms. The minimum Gasteiger partial charge on any atom is -0.497 e. The first-order valence-electron chi connectivity index (χ1n) is 9.26. The summed E-state index contributed by atoms with van der Waals surface area (Å²) in [6.45, 7) is 0. The molecule has 2 heterocycles. The second-order valence-corrected chi connectivity index (χ2v) is 6.80. The van der Waals surface area contributed by atoms with Crippen molar-refractivity contribution in [2.45, 2.75) is 25.3 Å². The van der Waals surface area contributed by atoms with E-state index in [0.29, 0.717) is 18.1 Å². The minimum absolute atomic E-state index is 0.0310. The molecule has 2 N–H and O–H groups in total. The van der Waals surface area contributed by atoms with Gasteiger partial charge in [0.05, 0.1) is 7.11 Å². The van der Waals surface area contributed by atoms with Crippen molar-refractivity contribution in [1.29, 1.82) is 0 Å². The molecule has 6 nitrogen and oxygen atoms in total. The van der Waals surface area contributed by atoms with Crippen LogP contribution in [0, 0.1) is 0 Å². The molecule has 0 aliphatic rings. The highest BCUT2D eigenvalue weighted by Crippen LogP contribution is 2.23. The van der Waals surface area contributed by atoms with Crippen LogP contribution in [0.3, 0.4) is 0 Å². The predicted molar refractivity (Wildman–Crippen MR) is 108 cm³/mol. The normalized spacial score (nSPS) is 12.2. The standard InChI is InChI=1S/C22H22N4O2/c1-27-20-7-2-15(3-8-20)12-19(23)6-9-21-25-22(28-26-21)17-4-5-18-14-24-11-10-16(18)13-17/h2-5,7-8,10-11,13-14,19H,6,9,12,23H2,1H3/t19-/m1/s1. The van der Waals surface area contributed by atoms with Crippen LogP contribution in [0.4, 0.5) is 0 Å². The zero-order valence-corrected chi connectivity index (χ0v) is 15.7. The Hall–Kier alpha value is -3.25. The van der Waals surface area contributed by atoms with E-state index in [1.165, 1.54) is 5.56 Å². The van der Waals surface area contributed by atoms with Gasteiger partial charge in [-0.3, -0.25) is 4.98 Å². The van der Waals surface area contributed by atoms with Crippen LogP contribution < -0.4 is 10.5 Å². The Morgan fingerprint density at radius 3 is 2.75 bits per heavy atom. The van der Waals surface area contributed by atoms with Gasteiger partial charge >= 0.3 is 0 Å². The van der Waals surface area contributed by atoms with Crippen molar-refractivity contribution in [2.24, 2.45) is 5.73 Å². The van der Waals surface area contributed by atoms with Gasteiger partial charge < -0.3 is 15.0 Å². The highest BCUT2D eigenvalue weighted by molar-refractivity contribution is 5.85. The van der Waals surface area contributed by atoms with Gasteiger partial charge in [-0.05, 0) is 54.1 Å². The van der Waals surface area contributed by atoms with E-state index in [0.717, 1.165) is 34.9 Å². The average molecular weight is 374 g/mol. The number of methoxy groups -OCH3 is 1. The predicted octanol–water partition coefficient (Wildman–Crippen LogP) is 3.80. The Balaban J connectivity index is 1.37. The Bertz CT molecular complexity index is 1060. The van der Waals surface area contributed by atoms with Crippen LogP contribution in [0.1, 0.15) is 17.8 Å². The lowest BCUT2D eigenvalue weighted by molar-refractivity contribution is 0.414. The molecule has 0 fully saturated rings. The molecule has 0 unspecified atom stereocenters. The second kappa shape index (κ2) is 8.19.